The van der Waals surface area contributed by atoms with Crippen LogP contribution in [0.2, 0.25) is 0 Å². The van der Waals surface area contributed by atoms with Gasteiger partial charge in [-0.25, -0.2) is 4.79 Å². The van der Waals surface area contributed by atoms with Crippen LogP contribution in [0.3, 0.4) is 0 Å². The molecule has 0 bridgehead atoms. The number of hydrogen-bond acceptors (Lipinski definition) is 3. The molecule has 1 aromatic carbocycles. The molecule has 6 nitrogen and oxygen atoms in total. The minimum absolute atomic E-state index is 0.224. The Bertz CT molecular complexity index is 665. The van der Waals surface area contributed by atoms with Gasteiger partial charge in [0.25, 0.3) is 5.91 Å². The number of carbonyl (C=O) groups is 3. The van der Waals surface area contributed by atoms with E-state index in [9.17, 15) is 14.4 Å². The molecule has 0 atom stereocenters. The third-order valence-electron chi connectivity index (χ3n) is 4.99. The summed E-state index contributed by atoms with van der Waals surface area (Å²) in [6, 6.07) is 7.33. The minimum Gasteiger partial charge on any atom is -0.350 e. The predicted molar refractivity (Wildman–Crippen MR) is 89.1 cm³/mol. The van der Waals surface area contributed by atoms with E-state index >= 15 is 0 Å². The third-order valence-corrected chi connectivity index (χ3v) is 4.99. The van der Waals surface area contributed by atoms with Gasteiger partial charge in [0.2, 0.25) is 5.91 Å². The first-order chi connectivity index (χ1) is 11.5. The maximum atomic E-state index is 12.6. The highest BCUT2D eigenvalue weighted by Crippen LogP contribution is 2.33. The highest BCUT2D eigenvalue weighted by Gasteiger charge is 2.51. The molecular weight excluding hydrogens is 306 g/mol. The molecule has 1 heterocycles. The van der Waals surface area contributed by atoms with Gasteiger partial charge in [-0.1, -0.05) is 43.5 Å². The number of benzene rings is 1. The summed E-state index contributed by atoms with van der Waals surface area (Å²) in [5.74, 6) is -0.576. The molecule has 1 aromatic rings. The van der Waals surface area contributed by atoms with Crippen molar-refractivity contribution in [3.05, 3.63) is 35.4 Å². The Morgan fingerprint density at radius 2 is 1.92 bits per heavy atom. The van der Waals surface area contributed by atoms with Crippen molar-refractivity contribution in [2.75, 3.05) is 6.54 Å². The van der Waals surface area contributed by atoms with Crippen molar-refractivity contribution >= 4 is 17.8 Å². The second-order valence-electron chi connectivity index (χ2n) is 6.67. The van der Waals surface area contributed by atoms with Crippen molar-refractivity contribution in [3.63, 3.8) is 0 Å². The molecule has 1 saturated heterocycles. The number of nitrogens with zero attached hydrogens (tertiary/aromatic N) is 1. The van der Waals surface area contributed by atoms with Crippen LogP contribution in [-0.4, -0.2) is 34.8 Å². The SMILES string of the molecule is Cc1ccccc1CNC(=O)CN1C(=O)NC2(CCCCC2)C1=O. The topological polar surface area (TPSA) is 78.5 Å². The summed E-state index contributed by atoms with van der Waals surface area (Å²) in [7, 11) is 0. The molecule has 128 valence electrons. The van der Waals surface area contributed by atoms with Crippen LogP contribution >= 0.6 is 0 Å². The Balaban J connectivity index is 1.59. The van der Waals surface area contributed by atoms with Gasteiger partial charge in [-0.2, -0.15) is 0 Å². The molecule has 0 unspecified atom stereocenters. The van der Waals surface area contributed by atoms with Crippen molar-refractivity contribution in [1.29, 1.82) is 0 Å². The zero-order valence-corrected chi connectivity index (χ0v) is 13.9. The molecule has 0 aromatic heterocycles. The second-order valence-corrected chi connectivity index (χ2v) is 6.67. The van der Waals surface area contributed by atoms with Crippen molar-refractivity contribution < 1.29 is 14.4 Å². The monoisotopic (exact) mass is 329 g/mol. The third kappa shape index (κ3) is 3.13. The zero-order chi connectivity index (χ0) is 17.2. The van der Waals surface area contributed by atoms with Crippen LogP contribution in [0.5, 0.6) is 0 Å². The lowest BCUT2D eigenvalue weighted by Gasteiger charge is -2.30. The molecule has 1 spiro atoms. The lowest BCUT2D eigenvalue weighted by Crippen LogP contribution is -2.49. The van der Waals surface area contributed by atoms with Crippen LogP contribution in [0.4, 0.5) is 4.79 Å². The summed E-state index contributed by atoms with van der Waals surface area (Å²) in [6.07, 6.45) is 4.28. The number of hydrogen-bond donors (Lipinski definition) is 2. The van der Waals surface area contributed by atoms with E-state index in [2.05, 4.69) is 10.6 Å². The summed E-state index contributed by atoms with van der Waals surface area (Å²) in [6.45, 7) is 2.14. The van der Waals surface area contributed by atoms with Gasteiger partial charge in [-0.05, 0) is 30.9 Å². The smallest absolute Gasteiger partial charge is 0.325 e. The number of urea groups is 1. The summed E-state index contributed by atoms with van der Waals surface area (Å²) in [5, 5.41) is 5.60. The Morgan fingerprint density at radius 3 is 2.62 bits per heavy atom. The maximum Gasteiger partial charge on any atom is 0.325 e. The molecule has 0 radical (unpaired) electrons. The first-order valence-electron chi connectivity index (χ1n) is 8.47. The number of imide groups is 1. The molecule has 1 saturated carbocycles. The molecule has 1 aliphatic carbocycles. The molecule has 24 heavy (non-hydrogen) atoms. The number of aryl methyl sites for hydroxylation is 1. The average molecular weight is 329 g/mol. The van der Waals surface area contributed by atoms with Gasteiger partial charge in [0.05, 0.1) is 0 Å². The van der Waals surface area contributed by atoms with E-state index in [1.807, 2.05) is 31.2 Å². The van der Waals surface area contributed by atoms with Gasteiger partial charge in [0.15, 0.2) is 0 Å². The lowest BCUT2D eigenvalue weighted by atomic mass is 9.82. The Hall–Kier alpha value is -2.37. The number of amides is 4. The lowest BCUT2D eigenvalue weighted by molar-refractivity contribution is -0.135. The molecule has 2 aliphatic rings. The second kappa shape index (κ2) is 6.63. The van der Waals surface area contributed by atoms with Crippen LogP contribution in [0.15, 0.2) is 24.3 Å². The number of rotatable bonds is 4. The Labute approximate surface area is 141 Å². The maximum absolute atomic E-state index is 12.6. The molecular formula is C18H23N3O3. The van der Waals surface area contributed by atoms with Gasteiger partial charge in [0.1, 0.15) is 12.1 Å². The molecule has 1 aliphatic heterocycles. The van der Waals surface area contributed by atoms with E-state index in [1.54, 1.807) is 0 Å². The minimum atomic E-state index is -0.772. The van der Waals surface area contributed by atoms with Crippen molar-refractivity contribution in [2.24, 2.45) is 0 Å². The van der Waals surface area contributed by atoms with Crippen LogP contribution in [-0.2, 0) is 16.1 Å². The Kier molecular flexibility index (Phi) is 4.55. The molecule has 4 amide bonds. The van der Waals surface area contributed by atoms with Crippen LogP contribution in [0, 0.1) is 6.92 Å². The summed E-state index contributed by atoms with van der Waals surface area (Å²) < 4.78 is 0. The fourth-order valence-corrected chi connectivity index (χ4v) is 3.52. The van der Waals surface area contributed by atoms with Crippen LogP contribution in [0.1, 0.15) is 43.2 Å². The van der Waals surface area contributed by atoms with Crippen molar-refractivity contribution in [1.82, 2.24) is 15.5 Å². The number of nitrogens with one attached hydrogen (secondary N) is 2. The highest BCUT2D eigenvalue weighted by molar-refractivity contribution is 6.09. The molecule has 2 N–H and O–H groups in total. The molecule has 3 rings (SSSR count). The predicted octanol–water partition coefficient (Wildman–Crippen LogP) is 1.87. The normalized spacial score (nSPS) is 19.5. The van der Waals surface area contributed by atoms with Crippen molar-refractivity contribution in [2.45, 2.75) is 51.1 Å². The van der Waals surface area contributed by atoms with Crippen LogP contribution in [0.25, 0.3) is 0 Å². The van der Waals surface area contributed by atoms with Gasteiger partial charge in [-0.3, -0.25) is 14.5 Å². The van der Waals surface area contributed by atoms with E-state index < -0.39 is 11.6 Å². The van der Waals surface area contributed by atoms with E-state index in [0.29, 0.717) is 19.4 Å². The first kappa shape index (κ1) is 16.5. The summed E-state index contributed by atoms with van der Waals surface area (Å²) in [4.78, 5) is 38.0. The van der Waals surface area contributed by atoms with Crippen LogP contribution < -0.4 is 10.6 Å². The summed E-state index contributed by atoms with van der Waals surface area (Å²) >= 11 is 0. The quantitative estimate of drug-likeness (QED) is 0.828. The highest BCUT2D eigenvalue weighted by atomic mass is 16.2. The van der Waals surface area contributed by atoms with Crippen molar-refractivity contribution in [3.8, 4) is 0 Å². The average Bonchev–Trinajstić information content (AvgIpc) is 2.79. The van der Waals surface area contributed by atoms with Gasteiger partial charge in [-0.15, -0.1) is 0 Å². The summed E-state index contributed by atoms with van der Waals surface area (Å²) in [5.41, 5.74) is 1.34. The standard InChI is InChI=1S/C18H23N3O3/c1-13-7-3-4-8-14(13)11-19-15(22)12-21-16(23)18(20-17(21)24)9-5-2-6-10-18/h3-4,7-8H,2,5-6,9-12H2,1H3,(H,19,22)(H,20,24). The van der Waals surface area contributed by atoms with E-state index in [4.69, 9.17) is 0 Å². The van der Waals surface area contributed by atoms with E-state index in [1.165, 1.54) is 0 Å². The van der Waals surface area contributed by atoms with Gasteiger partial charge >= 0.3 is 6.03 Å². The van der Waals surface area contributed by atoms with Gasteiger partial charge < -0.3 is 10.6 Å². The zero-order valence-electron chi connectivity index (χ0n) is 13.9. The fraction of sp³-hybridized carbons (Fsp3) is 0.500. The molecule has 2 fully saturated rings. The molecule has 6 heteroatoms. The Morgan fingerprint density at radius 1 is 1.21 bits per heavy atom. The first-order valence-corrected chi connectivity index (χ1v) is 8.47. The largest absolute Gasteiger partial charge is 0.350 e. The van der Waals surface area contributed by atoms with E-state index in [-0.39, 0.29) is 18.4 Å². The fourth-order valence-electron chi connectivity index (χ4n) is 3.52. The van der Waals surface area contributed by atoms with E-state index in [0.717, 1.165) is 35.3 Å². The van der Waals surface area contributed by atoms with Gasteiger partial charge in [0, 0.05) is 6.54 Å². The number of carbonyl (C=O) groups excluding carboxylic acids is 3.